The minimum Gasteiger partial charge on any atom is -0.143 e. The first kappa shape index (κ1) is 14.7. The maximum absolute atomic E-state index is 4.37. The van der Waals surface area contributed by atoms with E-state index in [-0.39, 0.29) is 4.75 Å². The SMILES string of the molecule is CCc1cc(Br)cc(C)c1/N=N/SC(C)(C)C. The standard InChI is InChI=1S/C13H19BrN2S/c1-6-10-8-11(14)7-9(2)12(10)15-16-17-13(3,4)5/h7-8H,6H2,1-5H3/b16-15+. The van der Waals surface area contributed by atoms with Gasteiger partial charge in [0.25, 0.3) is 0 Å². The molecule has 0 radical (unpaired) electrons. The quantitative estimate of drug-likeness (QED) is 0.507. The van der Waals surface area contributed by atoms with E-state index in [0.29, 0.717) is 0 Å². The Bertz CT molecular complexity index is 422. The summed E-state index contributed by atoms with van der Waals surface area (Å²) in [5, 5.41) is 4.37. The summed E-state index contributed by atoms with van der Waals surface area (Å²) in [7, 11) is 0. The van der Waals surface area contributed by atoms with Gasteiger partial charge in [-0.3, -0.25) is 0 Å². The van der Waals surface area contributed by atoms with Crippen LogP contribution in [0.4, 0.5) is 5.69 Å². The zero-order chi connectivity index (χ0) is 13.1. The second kappa shape index (κ2) is 6.01. The van der Waals surface area contributed by atoms with Gasteiger partial charge in [-0.15, -0.1) is 9.63 Å². The molecule has 0 bridgehead atoms. The molecule has 0 aliphatic carbocycles. The van der Waals surface area contributed by atoms with E-state index in [0.717, 1.165) is 22.1 Å². The van der Waals surface area contributed by atoms with Gasteiger partial charge in [-0.1, -0.05) is 22.9 Å². The summed E-state index contributed by atoms with van der Waals surface area (Å²) in [5.74, 6) is 0. The van der Waals surface area contributed by atoms with Crippen LogP contribution in [0.2, 0.25) is 0 Å². The van der Waals surface area contributed by atoms with Crippen LogP contribution in [0.1, 0.15) is 38.8 Å². The van der Waals surface area contributed by atoms with Gasteiger partial charge >= 0.3 is 0 Å². The van der Waals surface area contributed by atoms with Crippen molar-refractivity contribution in [3.05, 3.63) is 27.7 Å². The average molecular weight is 315 g/mol. The van der Waals surface area contributed by atoms with E-state index in [4.69, 9.17) is 0 Å². The topological polar surface area (TPSA) is 24.7 Å². The highest BCUT2D eigenvalue weighted by Crippen LogP contribution is 2.32. The molecule has 94 valence electrons. The van der Waals surface area contributed by atoms with Gasteiger partial charge in [-0.2, -0.15) is 0 Å². The van der Waals surface area contributed by atoms with E-state index in [1.165, 1.54) is 17.5 Å². The summed E-state index contributed by atoms with van der Waals surface area (Å²) in [6.45, 7) is 10.6. The van der Waals surface area contributed by atoms with Crippen molar-refractivity contribution in [1.82, 2.24) is 0 Å². The molecule has 0 saturated heterocycles. The first-order valence-electron chi connectivity index (χ1n) is 5.71. The highest BCUT2D eigenvalue weighted by atomic mass is 79.9. The fraction of sp³-hybridized carbons (Fsp3) is 0.538. The molecular weight excluding hydrogens is 296 g/mol. The van der Waals surface area contributed by atoms with Crippen molar-refractivity contribution in [2.45, 2.75) is 45.8 Å². The van der Waals surface area contributed by atoms with Gasteiger partial charge < -0.3 is 0 Å². The third-order valence-corrected chi connectivity index (χ3v) is 3.35. The van der Waals surface area contributed by atoms with Gasteiger partial charge in [0.1, 0.15) is 0 Å². The van der Waals surface area contributed by atoms with Gasteiger partial charge in [0, 0.05) is 21.2 Å². The monoisotopic (exact) mass is 314 g/mol. The predicted molar refractivity (Wildman–Crippen MR) is 80.1 cm³/mol. The molecule has 1 aromatic carbocycles. The Morgan fingerprint density at radius 1 is 1.29 bits per heavy atom. The molecule has 0 spiro atoms. The number of nitrogens with zero attached hydrogens (tertiary/aromatic N) is 2. The number of rotatable bonds is 3. The second-order valence-electron chi connectivity index (χ2n) is 4.97. The van der Waals surface area contributed by atoms with Crippen LogP contribution in [0.25, 0.3) is 0 Å². The average Bonchev–Trinajstić information content (AvgIpc) is 2.18. The Morgan fingerprint density at radius 2 is 1.94 bits per heavy atom. The lowest BCUT2D eigenvalue weighted by Crippen LogP contribution is -2.04. The molecule has 0 unspecified atom stereocenters. The smallest absolute Gasteiger partial charge is 0.0925 e. The maximum atomic E-state index is 4.37. The van der Waals surface area contributed by atoms with Crippen molar-refractivity contribution >= 4 is 33.6 Å². The van der Waals surface area contributed by atoms with E-state index in [1.54, 1.807) is 0 Å². The molecule has 0 atom stereocenters. The molecule has 0 aromatic heterocycles. The largest absolute Gasteiger partial charge is 0.143 e. The zero-order valence-electron chi connectivity index (χ0n) is 11.0. The summed E-state index contributed by atoms with van der Waals surface area (Å²) in [6.07, 6.45) is 0.967. The first-order valence-corrected chi connectivity index (χ1v) is 7.28. The van der Waals surface area contributed by atoms with E-state index in [2.05, 4.69) is 72.3 Å². The van der Waals surface area contributed by atoms with Gasteiger partial charge in [-0.25, -0.2) is 0 Å². The molecule has 0 N–H and O–H groups in total. The molecule has 1 rings (SSSR count). The van der Waals surface area contributed by atoms with E-state index in [1.807, 2.05) is 0 Å². The minimum absolute atomic E-state index is 0.110. The van der Waals surface area contributed by atoms with Crippen LogP contribution in [0, 0.1) is 6.92 Å². The molecule has 0 amide bonds. The molecule has 2 nitrogen and oxygen atoms in total. The highest BCUT2D eigenvalue weighted by Gasteiger charge is 2.11. The second-order valence-corrected chi connectivity index (χ2v) is 7.46. The molecule has 0 heterocycles. The molecule has 0 fully saturated rings. The van der Waals surface area contributed by atoms with Crippen molar-refractivity contribution in [1.29, 1.82) is 0 Å². The molecular formula is C13H19BrN2S. The summed E-state index contributed by atoms with van der Waals surface area (Å²) >= 11 is 5.02. The van der Waals surface area contributed by atoms with Gasteiger partial charge in [0.05, 0.1) is 5.69 Å². The normalized spacial score (nSPS) is 12.4. The number of hydrogen-bond donors (Lipinski definition) is 0. The summed E-state index contributed by atoms with van der Waals surface area (Å²) in [6, 6.07) is 4.19. The van der Waals surface area contributed by atoms with Crippen LogP contribution in [-0.4, -0.2) is 4.75 Å². The van der Waals surface area contributed by atoms with Crippen LogP contribution in [-0.2, 0) is 6.42 Å². The van der Waals surface area contributed by atoms with Crippen molar-refractivity contribution in [2.75, 3.05) is 0 Å². The van der Waals surface area contributed by atoms with Gasteiger partial charge in [0.2, 0.25) is 0 Å². The summed E-state index contributed by atoms with van der Waals surface area (Å²) in [4.78, 5) is 0. The van der Waals surface area contributed by atoms with E-state index in [9.17, 15) is 0 Å². The lowest BCUT2D eigenvalue weighted by atomic mass is 10.1. The fourth-order valence-corrected chi connectivity index (χ4v) is 2.39. The molecule has 1 aromatic rings. The lowest BCUT2D eigenvalue weighted by Gasteiger charge is -2.12. The third kappa shape index (κ3) is 4.80. The van der Waals surface area contributed by atoms with E-state index >= 15 is 0 Å². The Morgan fingerprint density at radius 3 is 2.47 bits per heavy atom. The molecule has 4 heteroatoms. The van der Waals surface area contributed by atoms with Crippen LogP contribution < -0.4 is 0 Å². The summed E-state index contributed by atoms with van der Waals surface area (Å²) < 4.78 is 5.45. The Hall–Kier alpha value is -0.350. The number of hydrogen-bond acceptors (Lipinski definition) is 3. The fourth-order valence-electron chi connectivity index (χ4n) is 1.40. The molecule has 0 saturated carbocycles. The highest BCUT2D eigenvalue weighted by molar-refractivity contribution is 9.10. The van der Waals surface area contributed by atoms with Crippen molar-refractivity contribution in [3.63, 3.8) is 0 Å². The Labute approximate surface area is 117 Å². The molecule has 0 aliphatic rings. The van der Waals surface area contributed by atoms with Crippen molar-refractivity contribution in [3.8, 4) is 0 Å². The van der Waals surface area contributed by atoms with Crippen LogP contribution in [0.5, 0.6) is 0 Å². The number of aryl methyl sites for hydroxylation is 2. The Kier molecular flexibility index (Phi) is 5.20. The zero-order valence-corrected chi connectivity index (χ0v) is 13.4. The van der Waals surface area contributed by atoms with Gasteiger partial charge in [-0.05, 0) is 57.4 Å². The Balaban J connectivity index is 2.98. The maximum Gasteiger partial charge on any atom is 0.0925 e. The van der Waals surface area contributed by atoms with E-state index < -0.39 is 0 Å². The number of halogens is 1. The lowest BCUT2D eigenvalue weighted by molar-refractivity contribution is 0.802. The first-order chi connectivity index (χ1) is 7.83. The third-order valence-electron chi connectivity index (χ3n) is 2.18. The van der Waals surface area contributed by atoms with Crippen LogP contribution in [0.3, 0.4) is 0 Å². The molecule has 0 aliphatic heterocycles. The summed E-state index contributed by atoms with van der Waals surface area (Å²) in [5.41, 5.74) is 3.40. The van der Waals surface area contributed by atoms with Crippen molar-refractivity contribution in [2.24, 2.45) is 9.63 Å². The number of benzene rings is 1. The predicted octanol–water partition coefficient (Wildman–Crippen LogP) is 5.85. The minimum atomic E-state index is 0.110. The van der Waals surface area contributed by atoms with Crippen LogP contribution in [0.15, 0.2) is 26.2 Å². The molecule has 17 heavy (non-hydrogen) atoms. The van der Waals surface area contributed by atoms with Crippen LogP contribution >= 0.6 is 27.9 Å². The van der Waals surface area contributed by atoms with Gasteiger partial charge in [0.15, 0.2) is 0 Å². The van der Waals surface area contributed by atoms with Crippen molar-refractivity contribution < 1.29 is 0 Å².